The van der Waals surface area contributed by atoms with Crippen LogP contribution in [-0.4, -0.2) is 123 Å². The van der Waals surface area contributed by atoms with Crippen LogP contribution in [0.5, 0.6) is 0 Å². The van der Waals surface area contributed by atoms with Crippen molar-refractivity contribution in [2.75, 3.05) is 61.5 Å². The number of carbonyl (C=O) groups excluding carboxylic acids is 1. The number of hydrogen-bond acceptors (Lipinski definition) is 13. The molecular weight excluding hydrogens is 496 g/mol. The van der Waals surface area contributed by atoms with Crippen LogP contribution in [0.25, 0.3) is 0 Å². The highest BCUT2D eigenvalue weighted by molar-refractivity contribution is 5.70. The van der Waals surface area contributed by atoms with Crippen molar-refractivity contribution < 1.29 is 63.9 Å². The molecule has 6 N–H and O–H groups in total. The molecule has 224 valence electrons. The van der Waals surface area contributed by atoms with Crippen molar-refractivity contribution in [1.82, 2.24) is 0 Å². The first kappa shape index (κ1) is 40.3. The van der Waals surface area contributed by atoms with Crippen LogP contribution < -0.4 is 0 Å². The lowest BCUT2D eigenvalue weighted by atomic mass is 10.3. The van der Waals surface area contributed by atoms with Crippen molar-refractivity contribution in [2.24, 2.45) is 0 Å². The molecule has 0 aromatic heterocycles. The van der Waals surface area contributed by atoms with Gasteiger partial charge in [-0.15, -0.1) is 0 Å². The molecule has 37 heavy (non-hydrogen) atoms. The van der Waals surface area contributed by atoms with Gasteiger partial charge in [-0.05, 0) is 44.3 Å². The zero-order valence-electron chi connectivity index (χ0n) is 22.7. The van der Waals surface area contributed by atoms with Gasteiger partial charge in [0.25, 0.3) is 0 Å². The minimum Gasteiger partial charge on any atom is -0.466 e. The molecule has 2 aliphatic rings. The van der Waals surface area contributed by atoms with Gasteiger partial charge in [-0.1, -0.05) is 0 Å². The molecule has 13 nitrogen and oxygen atoms in total. The first-order valence-electron chi connectivity index (χ1n) is 12.2. The Hall–Kier alpha value is -1.23. The molecule has 2 heterocycles. The molecule has 0 aromatic rings. The highest BCUT2D eigenvalue weighted by atomic mass is 16.6. The summed E-state index contributed by atoms with van der Waals surface area (Å²) in [5.41, 5.74) is 0. The molecule has 13 heteroatoms. The van der Waals surface area contributed by atoms with Gasteiger partial charge < -0.3 is 59.1 Å². The number of methoxy groups -OCH3 is 4. The second kappa shape index (κ2) is 32.8. The van der Waals surface area contributed by atoms with Gasteiger partial charge in [0, 0.05) is 74.1 Å². The molecule has 2 rings (SSSR count). The summed E-state index contributed by atoms with van der Waals surface area (Å²) in [5.74, 6) is -0.0463. The van der Waals surface area contributed by atoms with Gasteiger partial charge in [-0.3, -0.25) is 4.79 Å². The number of cyclic esters (lactones) is 1. The van der Waals surface area contributed by atoms with Gasteiger partial charge in [0.05, 0.1) is 6.61 Å². The second-order valence-electron chi connectivity index (χ2n) is 7.39. The average molecular weight is 547 g/mol. The molecule has 0 aromatic carbocycles. The van der Waals surface area contributed by atoms with E-state index in [9.17, 15) is 4.79 Å². The van der Waals surface area contributed by atoms with E-state index >= 15 is 0 Å². The largest absolute Gasteiger partial charge is 0.466 e. The number of rotatable bonds is 12. The molecule has 2 aliphatic heterocycles. The van der Waals surface area contributed by atoms with Gasteiger partial charge in [0.1, 0.15) is 0 Å². The van der Waals surface area contributed by atoms with E-state index in [1.165, 1.54) is 53.4 Å². The number of aliphatic hydroxyl groups is 6. The SMILES string of the molecule is C1CCOC1.COC(O)/C=C\C(O)OC.COC(O)CCC(O)OC.O=C1CCCO1.OCCCCO. The van der Waals surface area contributed by atoms with Crippen LogP contribution in [0.4, 0.5) is 0 Å². The fourth-order valence-electron chi connectivity index (χ4n) is 2.08. The molecule has 0 aliphatic carbocycles. The standard InChI is InChI=1S/C6H14O4.C6H12O4.C4H6O2.C4H10O2.C4H8O/c2*1-9-5(7)3-4-6(8)10-2;5-4-2-1-3-6-4;5-3-1-2-4-6;1-2-4-5-3-1/h5-8H,3-4H2,1-2H3;3-8H,1-2H3;1-3H2;5-6H,1-4H2;1-4H2/b;4-3-;;;. The van der Waals surface area contributed by atoms with Crippen LogP contribution in [-0.2, 0) is 33.2 Å². The average Bonchev–Trinajstić information content (AvgIpc) is 3.67. The van der Waals surface area contributed by atoms with Crippen LogP contribution in [0.15, 0.2) is 12.2 Å². The molecule has 0 spiro atoms. The summed E-state index contributed by atoms with van der Waals surface area (Å²) in [6.45, 7) is 3.03. The summed E-state index contributed by atoms with van der Waals surface area (Å²) in [6, 6.07) is 0. The number of carbonyl (C=O) groups is 1. The lowest BCUT2D eigenvalue weighted by Crippen LogP contribution is -2.15. The van der Waals surface area contributed by atoms with Crippen LogP contribution in [0, 0.1) is 0 Å². The van der Waals surface area contributed by atoms with Crippen LogP contribution in [0.1, 0.15) is 51.4 Å². The molecule has 0 bridgehead atoms. The van der Waals surface area contributed by atoms with Gasteiger partial charge >= 0.3 is 5.97 Å². The molecule has 4 unspecified atom stereocenters. The smallest absolute Gasteiger partial charge is 0.305 e. The van der Waals surface area contributed by atoms with E-state index in [4.69, 9.17) is 35.4 Å². The Labute approximate surface area is 220 Å². The van der Waals surface area contributed by atoms with Gasteiger partial charge in [-0.2, -0.15) is 0 Å². The predicted molar refractivity (Wildman–Crippen MR) is 134 cm³/mol. The summed E-state index contributed by atoms with van der Waals surface area (Å²) in [6.07, 6.45) is 5.30. The van der Waals surface area contributed by atoms with Crippen molar-refractivity contribution in [3.05, 3.63) is 12.2 Å². The van der Waals surface area contributed by atoms with Crippen LogP contribution in [0.3, 0.4) is 0 Å². The minimum absolute atomic E-state index is 0.0463. The molecule has 0 saturated carbocycles. The van der Waals surface area contributed by atoms with E-state index in [0.717, 1.165) is 32.5 Å². The predicted octanol–water partition coefficient (Wildman–Crippen LogP) is 0.0398. The third-order valence-corrected chi connectivity index (χ3v) is 4.31. The Balaban J connectivity index is -0.000000400. The topological polar surface area (TPSA) is 194 Å². The van der Waals surface area contributed by atoms with E-state index in [0.29, 0.717) is 25.9 Å². The highest BCUT2D eigenvalue weighted by Gasteiger charge is 2.08. The third kappa shape index (κ3) is 37.0. The lowest BCUT2D eigenvalue weighted by molar-refractivity contribution is -0.137. The molecule has 0 radical (unpaired) electrons. The fourth-order valence-corrected chi connectivity index (χ4v) is 2.08. The Kier molecular flexibility index (Phi) is 35.7. The lowest BCUT2D eigenvalue weighted by Gasteiger charge is -2.10. The van der Waals surface area contributed by atoms with Crippen molar-refractivity contribution in [3.63, 3.8) is 0 Å². The number of hydrogen-bond donors (Lipinski definition) is 6. The maximum absolute atomic E-state index is 10.0. The number of ether oxygens (including phenoxy) is 6. The molecule has 2 fully saturated rings. The molecule has 2 saturated heterocycles. The first-order valence-corrected chi connectivity index (χ1v) is 12.2. The summed E-state index contributed by atoms with van der Waals surface area (Å²) in [4.78, 5) is 10.0. The molecule has 0 amide bonds. The van der Waals surface area contributed by atoms with E-state index in [1.807, 2.05) is 0 Å². The van der Waals surface area contributed by atoms with Crippen molar-refractivity contribution in [2.45, 2.75) is 76.5 Å². The van der Waals surface area contributed by atoms with Crippen LogP contribution >= 0.6 is 0 Å². The molecular formula is C24H50O13. The highest BCUT2D eigenvalue weighted by Crippen LogP contribution is 2.02. The number of aliphatic hydroxyl groups excluding tert-OH is 6. The Morgan fingerprint density at radius 1 is 0.730 bits per heavy atom. The normalized spacial score (nSPS) is 17.4. The Morgan fingerprint density at radius 2 is 1.16 bits per heavy atom. The Morgan fingerprint density at radius 3 is 1.35 bits per heavy atom. The molecule has 4 atom stereocenters. The maximum Gasteiger partial charge on any atom is 0.305 e. The fraction of sp³-hybridized carbons (Fsp3) is 0.875. The van der Waals surface area contributed by atoms with Crippen molar-refractivity contribution in [3.8, 4) is 0 Å². The first-order chi connectivity index (χ1) is 17.7. The third-order valence-electron chi connectivity index (χ3n) is 4.31. The second-order valence-corrected chi connectivity index (χ2v) is 7.39. The van der Waals surface area contributed by atoms with E-state index in [-0.39, 0.29) is 19.2 Å². The summed E-state index contributed by atoms with van der Waals surface area (Å²) >= 11 is 0. The van der Waals surface area contributed by atoms with Gasteiger partial charge in [-0.25, -0.2) is 0 Å². The van der Waals surface area contributed by atoms with E-state index in [1.54, 1.807) is 0 Å². The maximum atomic E-state index is 10.0. The van der Waals surface area contributed by atoms with Crippen molar-refractivity contribution in [1.29, 1.82) is 0 Å². The number of esters is 1. The zero-order chi connectivity index (χ0) is 28.7. The van der Waals surface area contributed by atoms with E-state index in [2.05, 4.69) is 23.7 Å². The van der Waals surface area contributed by atoms with Gasteiger partial charge in [0.15, 0.2) is 25.2 Å². The summed E-state index contributed by atoms with van der Waals surface area (Å²) in [5, 5.41) is 51.3. The number of unbranched alkanes of at least 4 members (excludes halogenated alkanes) is 1. The zero-order valence-corrected chi connectivity index (χ0v) is 22.7. The van der Waals surface area contributed by atoms with Crippen molar-refractivity contribution >= 4 is 5.97 Å². The van der Waals surface area contributed by atoms with Gasteiger partial charge in [0.2, 0.25) is 0 Å². The monoisotopic (exact) mass is 546 g/mol. The quantitative estimate of drug-likeness (QED) is 0.0832. The summed E-state index contributed by atoms with van der Waals surface area (Å²) < 4.78 is 27.4. The van der Waals surface area contributed by atoms with Crippen LogP contribution in [0.2, 0.25) is 0 Å². The summed E-state index contributed by atoms with van der Waals surface area (Å²) in [7, 11) is 5.52. The Bertz CT molecular complexity index is 434. The minimum atomic E-state index is -0.982. The van der Waals surface area contributed by atoms with E-state index < -0.39 is 25.2 Å².